The molecular formula is C12H17N3O2S. The van der Waals surface area contributed by atoms with Crippen LogP contribution in [0.25, 0.3) is 0 Å². The van der Waals surface area contributed by atoms with Crippen molar-refractivity contribution in [2.45, 2.75) is 25.4 Å². The van der Waals surface area contributed by atoms with Crippen molar-refractivity contribution in [1.82, 2.24) is 10.3 Å². The Morgan fingerprint density at radius 1 is 1.44 bits per heavy atom. The van der Waals surface area contributed by atoms with Crippen LogP contribution in [0.1, 0.15) is 28.9 Å². The highest BCUT2D eigenvalue weighted by molar-refractivity contribution is 7.85. The first-order valence-corrected chi connectivity index (χ1v) is 7.48. The largest absolute Gasteiger partial charge is 0.348 e. The lowest BCUT2D eigenvalue weighted by molar-refractivity contribution is 0.0929. The van der Waals surface area contributed by atoms with Gasteiger partial charge < -0.3 is 11.1 Å². The van der Waals surface area contributed by atoms with E-state index in [1.54, 1.807) is 18.3 Å². The highest BCUT2D eigenvalue weighted by Gasteiger charge is 2.20. The maximum atomic E-state index is 11.9. The molecule has 1 aromatic rings. The molecule has 0 aliphatic carbocycles. The molecular weight excluding hydrogens is 250 g/mol. The predicted molar refractivity (Wildman–Crippen MR) is 70.5 cm³/mol. The predicted octanol–water partition coefficient (Wildman–Crippen LogP) is 0.181. The van der Waals surface area contributed by atoms with Gasteiger partial charge in [-0.1, -0.05) is 6.07 Å². The standard InChI is InChI=1S/C12H17N3O2S/c13-7-9-1-2-11(14-8-9)12(16)15-10-3-5-18(17)6-4-10/h1-2,8,10H,3-7,13H2,(H,15,16). The van der Waals surface area contributed by atoms with Gasteiger partial charge in [0, 0.05) is 41.1 Å². The van der Waals surface area contributed by atoms with E-state index in [2.05, 4.69) is 10.3 Å². The molecule has 18 heavy (non-hydrogen) atoms. The van der Waals surface area contributed by atoms with E-state index in [0.717, 1.165) is 18.4 Å². The number of nitrogens with two attached hydrogens (primary N) is 1. The fraction of sp³-hybridized carbons (Fsp3) is 0.500. The third-order valence-electron chi connectivity index (χ3n) is 3.02. The second-order valence-electron chi connectivity index (χ2n) is 4.35. The molecule has 0 bridgehead atoms. The number of amides is 1. The molecule has 5 nitrogen and oxygen atoms in total. The molecule has 0 unspecified atom stereocenters. The molecule has 1 amide bonds. The molecule has 98 valence electrons. The lowest BCUT2D eigenvalue weighted by Gasteiger charge is -2.22. The maximum Gasteiger partial charge on any atom is 0.270 e. The topological polar surface area (TPSA) is 85.1 Å². The summed E-state index contributed by atoms with van der Waals surface area (Å²) in [4.78, 5) is 16.0. The molecule has 0 radical (unpaired) electrons. The van der Waals surface area contributed by atoms with Crippen LogP contribution >= 0.6 is 0 Å². The minimum atomic E-state index is -0.705. The van der Waals surface area contributed by atoms with E-state index in [9.17, 15) is 9.00 Å². The Balaban J connectivity index is 1.92. The molecule has 0 spiro atoms. The van der Waals surface area contributed by atoms with Crippen LogP contribution in [0.3, 0.4) is 0 Å². The van der Waals surface area contributed by atoms with Crippen LogP contribution < -0.4 is 11.1 Å². The number of carbonyl (C=O) groups is 1. The maximum absolute atomic E-state index is 11.9. The molecule has 1 aliphatic rings. The summed E-state index contributed by atoms with van der Waals surface area (Å²) in [6.07, 6.45) is 3.17. The third-order valence-corrected chi connectivity index (χ3v) is 4.40. The second-order valence-corrected chi connectivity index (χ2v) is 6.05. The average Bonchev–Trinajstić information content (AvgIpc) is 2.41. The Labute approximate surface area is 109 Å². The van der Waals surface area contributed by atoms with Crippen molar-refractivity contribution in [1.29, 1.82) is 0 Å². The fourth-order valence-electron chi connectivity index (χ4n) is 1.88. The van der Waals surface area contributed by atoms with Gasteiger partial charge in [-0.25, -0.2) is 0 Å². The van der Waals surface area contributed by atoms with E-state index in [4.69, 9.17) is 5.73 Å². The van der Waals surface area contributed by atoms with E-state index in [1.165, 1.54) is 0 Å². The van der Waals surface area contributed by atoms with Crippen LogP contribution in [0, 0.1) is 0 Å². The number of hydrogen-bond donors (Lipinski definition) is 2. The van der Waals surface area contributed by atoms with E-state index in [-0.39, 0.29) is 11.9 Å². The van der Waals surface area contributed by atoms with Crippen LogP contribution in [-0.2, 0) is 17.3 Å². The minimum absolute atomic E-state index is 0.117. The summed E-state index contributed by atoms with van der Waals surface area (Å²) in [5.41, 5.74) is 6.77. The van der Waals surface area contributed by atoms with E-state index in [0.29, 0.717) is 23.7 Å². The summed E-state index contributed by atoms with van der Waals surface area (Å²) < 4.78 is 11.2. The number of aromatic nitrogens is 1. The highest BCUT2D eigenvalue weighted by Crippen LogP contribution is 2.10. The van der Waals surface area contributed by atoms with E-state index < -0.39 is 10.8 Å². The fourth-order valence-corrected chi connectivity index (χ4v) is 3.18. The zero-order valence-electron chi connectivity index (χ0n) is 10.1. The summed E-state index contributed by atoms with van der Waals surface area (Å²) in [6.45, 7) is 0.420. The van der Waals surface area contributed by atoms with Gasteiger partial charge in [0.1, 0.15) is 5.69 Å². The Bertz CT molecular complexity index is 437. The monoisotopic (exact) mass is 267 g/mol. The number of carbonyl (C=O) groups excluding carboxylic acids is 1. The van der Waals surface area contributed by atoms with Gasteiger partial charge >= 0.3 is 0 Å². The Morgan fingerprint density at radius 3 is 2.72 bits per heavy atom. The molecule has 6 heteroatoms. The molecule has 3 N–H and O–H groups in total. The normalized spacial score (nSPS) is 23.6. The summed E-state index contributed by atoms with van der Waals surface area (Å²) in [5, 5.41) is 2.93. The van der Waals surface area contributed by atoms with Gasteiger partial charge in [0.2, 0.25) is 0 Å². The molecule has 2 rings (SSSR count). The van der Waals surface area contributed by atoms with Gasteiger partial charge in [-0.3, -0.25) is 14.0 Å². The van der Waals surface area contributed by atoms with Gasteiger partial charge in [-0.05, 0) is 24.5 Å². The molecule has 2 heterocycles. The SMILES string of the molecule is NCc1ccc(C(=O)NC2CCS(=O)CC2)nc1. The molecule has 1 saturated heterocycles. The summed E-state index contributed by atoms with van der Waals surface area (Å²) in [5.74, 6) is 1.17. The molecule has 0 saturated carbocycles. The van der Waals surface area contributed by atoms with Crippen LogP contribution in [0.15, 0.2) is 18.3 Å². The van der Waals surface area contributed by atoms with Gasteiger partial charge in [0.25, 0.3) is 5.91 Å². The van der Waals surface area contributed by atoms with E-state index >= 15 is 0 Å². The van der Waals surface area contributed by atoms with Gasteiger partial charge in [-0.2, -0.15) is 0 Å². The molecule has 1 fully saturated rings. The average molecular weight is 267 g/mol. The minimum Gasteiger partial charge on any atom is -0.348 e. The number of nitrogens with zero attached hydrogens (tertiary/aromatic N) is 1. The number of pyridine rings is 1. The van der Waals surface area contributed by atoms with Crippen LogP contribution in [0.2, 0.25) is 0 Å². The summed E-state index contributed by atoms with van der Waals surface area (Å²) in [6, 6.07) is 3.60. The van der Waals surface area contributed by atoms with Crippen LogP contribution in [-0.4, -0.2) is 32.6 Å². The smallest absolute Gasteiger partial charge is 0.270 e. The first-order chi connectivity index (χ1) is 8.69. The van der Waals surface area contributed by atoms with Crippen molar-refractivity contribution in [2.24, 2.45) is 5.73 Å². The zero-order valence-corrected chi connectivity index (χ0v) is 10.9. The third kappa shape index (κ3) is 3.36. The van der Waals surface area contributed by atoms with Crippen molar-refractivity contribution < 1.29 is 9.00 Å². The van der Waals surface area contributed by atoms with Crippen molar-refractivity contribution in [3.8, 4) is 0 Å². The lowest BCUT2D eigenvalue weighted by Crippen LogP contribution is -2.39. The summed E-state index contributed by atoms with van der Waals surface area (Å²) >= 11 is 0. The zero-order chi connectivity index (χ0) is 13.0. The Kier molecular flexibility index (Phi) is 4.43. The molecule has 1 aliphatic heterocycles. The van der Waals surface area contributed by atoms with Crippen molar-refractivity contribution in [3.63, 3.8) is 0 Å². The Hall–Kier alpha value is -1.27. The summed E-state index contributed by atoms with van der Waals surface area (Å²) in [7, 11) is -0.705. The molecule has 0 aromatic carbocycles. The van der Waals surface area contributed by atoms with Crippen molar-refractivity contribution in [2.75, 3.05) is 11.5 Å². The number of rotatable bonds is 3. The molecule has 0 atom stereocenters. The highest BCUT2D eigenvalue weighted by atomic mass is 32.2. The van der Waals surface area contributed by atoms with Crippen LogP contribution in [0.4, 0.5) is 0 Å². The Morgan fingerprint density at radius 2 is 2.17 bits per heavy atom. The first-order valence-electron chi connectivity index (χ1n) is 6.00. The second kappa shape index (κ2) is 6.06. The first kappa shape index (κ1) is 13.2. The number of nitrogens with one attached hydrogen (secondary N) is 1. The van der Waals surface area contributed by atoms with Gasteiger partial charge in [0.15, 0.2) is 0 Å². The number of hydrogen-bond acceptors (Lipinski definition) is 4. The molecule has 1 aromatic heterocycles. The van der Waals surface area contributed by atoms with Gasteiger partial charge in [0.05, 0.1) is 0 Å². The van der Waals surface area contributed by atoms with Crippen molar-refractivity contribution >= 4 is 16.7 Å². The quantitative estimate of drug-likeness (QED) is 0.818. The van der Waals surface area contributed by atoms with Crippen LogP contribution in [0.5, 0.6) is 0 Å². The van der Waals surface area contributed by atoms with E-state index in [1.807, 2.05) is 0 Å². The lowest BCUT2D eigenvalue weighted by atomic mass is 10.1. The van der Waals surface area contributed by atoms with Crippen molar-refractivity contribution in [3.05, 3.63) is 29.6 Å². The van der Waals surface area contributed by atoms with Gasteiger partial charge in [-0.15, -0.1) is 0 Å².